The molecule has 0 saturated heterocycles. The highest BCUT2D eigenvalue weighted by Gasteiger charge is 2.33. The van der Waals surface area contributed by atoms with E-state index in [1.165, 1.54) is 29.3 Å². The van der Waals surface area contributed by atoms with E-state index >= 15 is 8.78 Å². The summed E-state index contributed by atoms with van der Waals surface area (Å²) < 4.78 is 37.3. The minimum absolute atomic E-state index is 0.0270. The van der Waals surface area contributed by atoms with E-state index in [1.807, 2.05) is 30.3 Å². The van der Waals surface area contributed by atoms with Gasteiger partial charge in [-0.3, -0.25) is 4.79 Å². The second-order valence-electron chi connectivity index (χ2n) is 14.0. The standard InChI is InChI=1S/C38H42F2N6O3/c1-37(2)13-5-14-38(3,24-7-4-6-23(16-24)8-11-34(47)48)33-20-44-36(45-33)28-17-26(9-10-30(28)39)49-35-29(22-46(42)21-25(41)19-37)27-12-15-43-32(27)18-31(35)40/h4,6-7,9-10,12,15-18,20-21,43H,5,8,11,13-14,19,22,41-42H2,1-3H3,(H,44,45)(H,47,48)/b25-21-. The topological polar surface area (TPSA) is 146 Å². The highest BCUT2D eigenvalue weighted by molar-refractivity contribution is 5.85. The molecule has 7 N–H and O–H groups in total. The van der Waals surface area contributed by atoms with Gasteiger partial charge in [0.1, 0.15) is 17.4 Å². The predicted octanol–water partition coefficient (Wildman–Crippen LogP) is 8.03. The first kappa shape index (κ1) is 33.7. The van der Waals surface area contributed by atoms with Gasteiger partial charge in [0.05, 0.1) is 12.1 Å². The Morgan fingerprint density at radius 3 is 2.69 bits per heavy atom. The number of carbonyl (C=O) groups is 1. The molecule has 3 aromatic carbocycles. The smallest absolute Gasteiger partial charge is 0.303 e. The van der Waals surface area contributed by atoms with Gasteiger partial charge in [0.25, 0.3) is 0 Å². The lowest BCUT2D eigenvalue weighted by Crippen LogP contribution is -2.28. The summed E-state index contributed by atoms with van der Waals surface area (Å²) in [6.45, 7) is 6.54. The maximum atomic E-state index is 15.7. The Labute approximate surface area is 284 Å². The van der Waals surface area contributed by atoms with Crippen LogP contribution in [0.3, 0.4) is 0 Å². The third kappa shape index (κ3) is 7.31. The fourth-order valence-corrected chi connectivity index (χ4v) is 6.90. The number of rotatable bonds is 4. The average molecular weight is 669 g/mol. The number of hydrogen-bond donors (Lipinski definition) is 5. The van der Waals surface area contributed by atoms with Crippen molar-refractivity contribution in [2.75, 3.05) is 0 Å². The molecule has 6 rings (SSSR count). The Kier molecular flexibility index (Phi) is 9.22. The molecule has 1 aliphatic heterocycles. The zero-order valence-corrected chi connectivity index (χ0v) is 27.9. The summed E-state index contributed by atoms with van der Waals surface area (Å²) >= 11 is 0. The number of allylic oxidation sites excluding steroid dienone is 1. The van der Waals surface area contributed by atoms with Crippen molar-refractivity contribution in [3.63, 3.8) is 0 Å². The normalized spacial score (nSPS) is 19.6. The van der Waals surface area contributed by atoms with E-state index in [9.17, 15) is 9.90 Å². The lowest BCUT2D eigenvalue weighted by Gasteiger charge is -2.32. The number of nitrogens with one attached hydrogen (secondary N) is 2. The fourth-order valence-electron chi connectivity index (χ4n) is 6.90. The van der Waals surface area contributed by atoms with Gasteiger partial charge < -0.3 is 30.6 Å². The van der Waals surface area contributed by atoms with E-state index < -0.39 is 23.0 Å². The zero-order valence-electron chi connectivity index (χ0n) is 27.9. The number of imidazole rings is 1. The monoisotopic (exact) mass is 668 g/mol. The van der Waals surface area contributed by atoms with E-state index in [1.54, 1.807) is 18.6 Å². The molecule has 0 spiro atoms. The van der Waals surface area contributed by atoms with Crippen molar-refractivity contribution in [2.45, 2.75) is 71.3 Å². The van der Waals surface area contributed by atoms with Crippen LogP contribution in [-0.4, -0.2) is 31.0 Å². The molecule has 3 heterocycles. The lowest BCUT2D eigenvalue weighted by atomic mass is 9.73. The Balaban J connectivity index is 1.47. The molecule has 0 saturated carbocycles. The highest BCUT2D eigenvalue weighted by atomic mass is 19.1. The maximum absolute atomic E-state index is 15.7. The number of benzene rings is 3. The number of carboxylic acid groups (broad SMARTS) is 1. The second-order valence-corrected chi connectivity index (χ2v) is 14.0. The number of hydrogen-bond acceptors (Lipinski definition) is 6. The zero-order chi connectivity index (χ0) is 34.9. The third-order valence-corrected chi connectivity index (χ3v) is 9.53. The third-order valence-electron chi connectivity index (χ3n) is 9.53. The summed E-state index contributed by atoms with van der Waals surface area (Å²) in [6, 6.07) is 15.4. The predicted molar refractivity (Wildman–Crippen MR) is 185 cm³/mol. The van der Waals surface area contributed by atoms with Crippen molar-refractivity contribution in [1.82, 2.24) is 20.0 Å². The van der Waals surface area contributed by atoms with Crippen LogP contribution in [0.1, 0.15) is 75.3 Å². The van der Waals surface area contributed by atoms with Gasteiger partial charge in [-0.15, -0.1) is 0 Å². The van der Waals surface area contributed by atoms with E-state index in [-0.39, 0.29) is 35.4 Å². The van der Waals surface area contributed by atoms with Crippen molar-refractivity contribution in [1.29, 1.82) is 0 Å². The minimum Gasteiger partial charge on any atom is -0.481 e. The SMILES string of the molecule is CC1(C)CCCC(C)(c2cccc(CCC(=O)O)c2)c2cnc([nH]2)-c2cc(ccc2F)Oc2c(F)cc3[nH]ccc3c2CN(N)/C=C(\N)C1. The molecule has 1 aliphatic rings. The lowest BCUT2D eigenvalue weighted by molar-refractivity contribution is -0.136. The molecule has 0 fully saturated rings. The van der Waals surface area contributed by atoms with Crippen LogP contribution in [0.15, 0.2) is 78.9 Å². The summed E-state index contributed by atoms with van der Waals surface area (Å²) in [6.07, 6.45) is 8.52. The van der Waals surface area contributed by atoms with Gasteiger partial charge in [-0.1, -0.05) is 44.5 Å². The minimum atomic E-state index is -0.854. The summed E-state index contributed by atoms with van der Waals surface area (Å²) in [7, 11) is 0. The van der Waals surface area contributed by atoms with E-state index in [4.69, 9.17) is 16.3 Å². The molecule has 9 nitrogen and oxygen atoms in total. The number of hydrazine groups is 1. The molecule has 0 aliphatic carbocycles. The van der Waals surface area contributed by atoms with Gasteiger partial charge in [0, 0.05) is 64.4 Å². The largest absolute Gasteiger partial charge is 0.481 e. The highest BCUT2D eigenvalue weighted by Crippen LogP contribution is 2.41. The van der Waals surface area contributed by atoms with E-state index in [2.05, 4.69) is 35.7 Å². The number of aryl methyl sites for hydroxylation is 1. The van der Waals surface area contributed by atoms with Crippen molar-refractivity contribution in [3.8, 4) is 22.9 Å². The van der Waals surface area contributed by atoms with Crippen LogP contribution < -0.4 is 16.3 Å². The van der Waals surface area contributed by atoms with Gasteiger partial charge in [-0.2, -0.15) is 0 Å². The van der Waals surface area contributed by atoms with Gasteiger partial charge >= 0.3 is 5.97 Å². The first-order valence-electron chi connectivity index (χ1n) is 16.4. The molecule has 1 atom stereocenters. The van der Waals surface area contributed by atoms with Crippen LogP contribution in [0.5, 0.6) is 11.5 Å². The second kappa shape index (κ2) is 13.4. The molecule has 1 unspecified atom stereocenters. The number of nitrogens with zero attached hydrogens (tertiary/aromatic N) is 2. The molecule has 0 radical (unpaired) electrons. The van der Waals surface area contributed by atoms with Crippen LogP contribution in [0.25, 0.3) is 22.3 Å². The Morgan fingerprint density at radius 1 is 1.08 bits per heavy atom. The number of aliphatic carboxylic acids is 1. The first-order valence-corrected chi connectivity index (χ1v) is 16.4. The van der Waals surface area contributed by atoms with E-state index in [0.29, 0.717) is 35.4 Å². The molecule has 2 aromatic heterocycles. The summed E-state index contributed by atoms with van der Waals surface area (Å²) in [5.41, 5.74) is 10.3. The Hall–Kier alpha value is -5.16. The van der Waals surface area contributed by atoms with Crippen molar-refractivity contribution in [3.05, 3.63) is 113 Å². The van der Waals surface area contributed by atoms with Crippen LogP contribution in [0, 0.1) is 17.0 Å². The molecule has 11 heteroatoms. The number of aromatic nitrogens is 3. The summed E-state index contributed by atoms with van der Waals surface area (Å²) in [5.74, 6) is 4.98. The molecule has 4 bridgehead atoms. The Morgan fingerprint density at radius 2 is 1.90 bits per heavy atom. The van der Waals surface area contributed by atoms with Gasteiger partial charge in [0.2, 0.25) is 0 Å². The van der Waals surface area contributed by atoms with Crippen LogP contribution in [-0.2, 0) is 23.2 Å². The summed E-state index contributed by atoms with van der Waals surface area (Å²) in [4.78, 5) is 22.4. The van der Waals surface area contributed by atoms with Crippen LogP contribution in [0.2, 0.25) is 0 Å². The Bertz CT molecular complexity index is 2030. The van der Waals surface area contributed by atoms with Gasteiger partial charge in [0.15, 0.2) is 11.6 Å². The molecule has 49 heavy (non-hydrogen) atoms. The number of nitrogens with two attached hydrogens (primary N) is 2. The number of H-pyrrole nitrogens is 2. The average Bonchev–Trinajstić information content (AvgIpc) is 3.72. The maximum Gasteiger partial charge on any atom is 0.303 e. The molecule has 0 amide bonds. The molecular formula is C38H42F2N6O3. The number of ether oxygens (including phenoxy) is 1. The molecular weight excluding hydrogens is 626 g/mol. The first-order chi connectivity index (χ1) is 23.3. The number of aromatic amines is 2. The van der Waals surface area contributed by atoms with Gasteiger partial charge in [-0.25, -0.2) is 19.6 Å². The number of fused-ring (bicyclic) bond motifs is 8. The quantitative estimate of drug-likeness (QED) is 0.122. The molecule has 5 aromatic rings. The van der Waals surface area contributed by atoms with Gasteiger partial charge in [-0.05, 0) is 73.4 Å². The van der Waals surface area contributed by atoms with Crippen LogP contribution in [0.4, 0.5) is 8.78 Å². The van der Waals surface area contributed by atoms with E-state index in [0.717, 1.165) is 41.5 Å². The number of halogens is 2. The molecule has 256 valence electrons. The van der Waals surface area contributed by atoms with Crippen LogP contribution >= 0.6 is 0 Å². The summed E-state index contributed by atoms with van der Waals surface area (Å²) in [5, 5.41) is 11.4. The fraction of sp³-hybridized carbons (Fsp3) is 0.316. The van der Waals surface area contributed by atoms with Crippen molar-refractivity contribution >= 4 is 16.9 Å². The number of carboxylic acids is 1. The van der Waals surface area contributed by atoms with Crippen molar-refractivity contribution < 1.29 is 23.4 Å². The van der Waals surface area contributed by atoms with Crippen molar-refractivity contribution in [2.24, 2.45) is 17.0 Å².